The van der Waals surface area contributed by atoms with Crippen LogP contribution in [0.15, 0.2) is 12.1 Å². The number of phenolic OH excluding ortho intramolecular Hbond substituents is 1. The zero-order chi connectivity index (χ0) is 14.4. The molecular weight excluding hydrogens is 270 g/mol. The average molecular weight is 288 g/mol. The number of carbonyl (C=O) groups excluding carboxylic acids is 1. The van der Waals surface area contributed by atoms with Crippen LogP contribution in [0.3, 0.4) is 0 Å². The summed E-state index contributed by atoms with van der Waals surface area (Å²) < 4.78 is 0. The molecule has 0 spiro atoms. The quantitative estimate of drug-likeness (QED) is 0.653. The van der Waals surface area contributed by atoms with Gasteiger partial charge in [-0.2, -0.15) is 0 Å². The maximum absolute atomic E-state index is 11.4. The Morgan fingerprint density at radius 2 is 1.84 bits per heavy atom. The number of rotatable bonds is 7. The Labute approximate surface area is 117 Å². The van der Waals surface area contributed by atoms with E-state index in [-0.39, 0.29) is 30.3 Å². The van der Waals surface area contributed by atoms with E-state index in [1.807, 2.05) is 0 Å². The van der Waals surface area contributed by atoms with Crippen LogP contribution in [0, 0.1) is 0 Å². The molecule has 3 N–H and O–H groups in total. The summed E-state index contributed by atoms with van der Waals surface area (Å²) in [5.74, 6) is -0.366. The summed E-state index contributed by atoms with van der Waals surface area (Å²) in [6, 6.07) is 3.00. The lowest BCUT2D eigenvalue weighted by Crippen LogP contribution is -2.29. The fourth-order valence-electron chi connectivity index (χ4n) is 1.84. The van der Waals surface area contributed by atoms with Gasteiger partial charge in [-0.1, -0.05) is 11.6 Å². The molecule has 19 heavy (non-hydrogen) atoms. The molecule has 6 heteroatoms. The van der Waals surface area contributed by atoms with Crippen LogP contribution >= 0.6 is 11.6 Å². The van der Waals surface area contributed by atoms with Gasteiger partial charge in [0.1, 0.15) is 5.75 Å². The Morgan fingerprint density at radius 3 is 2.32 bits per heavy atom. The Morgan fingerprint density at radius 1 is 1.26 bits per heavy atom. The molecule has 0 aliphatic rings. The summed E-state index contributed by atoms with van der Waals surface area (Å²) in [6.45, 7) is 2.27. The van der Waals surface area contributed by atoms with E-state index in [9.17, 15) is 9.90 Å². The Bertz CT molecular complexity index is 445. The molecule has 0 atom stereocenters. The first-order valence-corrected chi connectivity index (χ1v) is 6.33. The van der Waals surface area contributed by atoms with E-state index in [2.05, 4.69) is 0 Å². The lowest BCUT2D eigenvalue weighted by molar-refractivity contribution is 0.101. The van der Waals surface area contributed by atoms with Gasteiger partial charge in [0.2, 0.25) is 0 Å². The largest absolute Gasteiger partial charge is 0.507 e. The smallest absolute Gasteiger partial charge is 0.163 e. The number of aliphatic hydroxyl groups excluding tert-OH is 2. The van der Waals surface area contributed by atoms with Gasteiger partial charge in [0, 0.05) is 30.2 Å². The highest BCUT2D eigenvalue weighted by Crippen LogP contribution is 2.28. The molecule has 0 aliphatic heterocycles. The van der Waals surface area contributed by atoms with Gasteiger partial charge in [-0.3, -0.25) is 9.69 Å². The third-order valence-corrected chi connectivity index (χ3v) is 2.98. The van der Waals surface area contributed by atoms with Gasteiger partial charge in [0.25, 0.3) is 0 Å². The van der Waals surface area contributed by atoms with Crippen LogP contribution < -0.4 is 0 Å². The number of Topliss-reactive ketones (excluding diaryl/α,β-unsaturated/α-hetero) is 1. The van der Waals surface area contributed by atoms with Crippen molar-refractivity contribution < 1.29 is 20.1 Å². The van der Waals surface area contributed by atoms with Crippen molar-refractivity contribution in [1.29, 1.82) is 0 Å². The van der Waals surface area contributed by atoms with Gasteiger partial charge >= 0.3 is 0 Å². The Kier molecular flexibility index (Phi) is 6.24. The summed E-state index contributed by atoms with van der Waals surface area (Å²) in [6.07, 6.45) is 0. The first-order chi connectivity index (χ1) is 8.99. The van der Waals surface area contributed by atoms with Crippen molar-refractivity contribution in [3.63, 3.8) is 0 Å². The normalized spacial score (nSPS) is 11.0. The van der Waals surface area contributed by atoms with Crippen LogP contribution in [0.25, 0.3) is 0 Å². The van der Waals surface area contributed by atoms with Crippen molar-refractivity contribution in [1.82, 2.24) is 4.90 Å². The van der Waals surface area contributed by atoms with E-state index in [0.717, 1.165) is 0 Å². The van der Waals surface area contributed by atoms with Crippen molar-refractivity contribution in [2.24, 2.45) is 0 Å². The molecule has 0 bridgehead atoms. The van der Waals surface area contributed by atoms with Crippen LogP contribution in [0.1, 0.15) is 22.8 Å². The predicted molar refractivity (Wildman–Crippen MR) is 72.6 cm³/mol. The van der Waals surface area contributed by atoms with Gasteiger partial charge in [0.15, 0.2) is 5.78 Å². The van der Waals surface area contributed by atoms with E-state index in [0.29, 0.717) is 30.2 Å². The number of hydrogen-bond donors (Lipinski definition) is 3. The predicted octanol–water partition coefficient (Wildman–Crippen LogP) is 1.03. The Hall–Kier alpha value is -1.14. The molecule has 0 radical (unpaired) electrons. The molecule has 0 saturated heterocycles. The number of nitrogens with zero attached hydrogens (tertiary/aromatic N) is 1. The Balaban J connectivity index is 3.02. The molecule has 0 amide bonds. The highest BCUT2D eigenvalue weighted by molar-refractivity contribution is 6.31. The molecule has 1 aromatic carbocycles. The summed E-state index contributed by atoms with van der Waals surface area (Å²) in [7, 11) is 0. The number of aromatic hydroxyl groups is 1. The molecule has 106 valence electrons. The fraction of sp³-hybridized carbons (Fsp3) is 0.462. The summed E-state index contributed by atoms with van der Waals surface area (Å²) in [5.41, 5.74) is 0.676. The second kappa shape index (κ2) is 7.45. The first-order valence-electron chi connectivity index (χ1n) is 5.96. The number of phenols is 1. The van der Waals surface area contributed by atoms with Crippen LogP contribution in [-0.4, -0.2) is 52.3 Å². The zero-order valence-corrected chi connectivity index (χ0v) is 11.5. The van der Waals surface area contributed by atoms with Crippen molar-refractivity contribution in [3.05, 3.63) is 28.3 Å². The zero-order valence-electron chi connectivity index (χ0n) is 10.8. The molecular formula is C13H18ClNO4. The van der Waals surface area contributed by atoms with Crippen molar-refractivity contribution in [2.45, 2.75) is 13.5 Å². The minimum Gasteiger partial charge on any atom is -0.507 e. The van der Waals surface area contributed by atoms with Crippen molar-refractivity contribution >= 4 is 17.4 Å². The molecule has 0 unspecified atom stereocenters. The molecule has 1 aromatic rings. The molecule has 5 nitrogen and oxygen atoms in total. The molecule has 0 fully saturated rings. The second-order valence-corrected chi connectivity index (χ2v) is 4.68. The minimum atomic E-state index is -0.267. The van der Waals surface area contributed by atoms with E-state index in [1.54, 1.807) is 11.0 Å². The monoisotopic (exact) mass is 287 g/mol. The number of carbonyl (C=O) groups is 1. The number of hydrogen-bond acceptors (Lipinski definition) is 5. The van der Waals surface area contributed by atoms with E-state index in [4.69, 9.17) is 21.8 Å². The lowest BCUT2D eigenvalue weighted by atomic mass is 10.1. The molecule has 0 saturated carbocycles. The van der Waals surface area contributed by atoms with Crippen LogP contribution in [0.4, 0.5) is 0 Å². The van der Waals surface area contributed by atoms with E-state index < -0.39 is 0 Å². The fourth-order valence-corrected chi connectivity index (χ4v) is 2.08. The highest BCUT2D eigenvalue weighted by atomic mass is 35.5. The summed E-state index contributed by atoms with van der Waals surface area (Å²) >= 11 is 5.92. The molecule has 0 heterocycles. The third kappa shape index (κ3) is 4.47. The summed E-state index contributed by atoms with van der Waals surface area (Å²) in [5, 5.41) is 28.3. The van der Waals surface area contributed by atoms with Gasteiger partial charge < -0.3 is 15.3 Å². The van der Waals surface area contributed by atoms with Gasteiger partial charge in [0.05, 0.1) is 18.8 Å². The van der Waals surface area contributed by atoms with Crippen LogP contribution in [0.5, 0.6) is 5.75 Å². The number of aliphatic hydroxyl groups is 2. The van der Waals surface area contributed by atoms with Crippen LogP contribution in [0.2, 0.25) is 5.02 Å². The lowest BCUT2D eigenvalue weighted by Gasteiger charge is -2.21. The van der Waals surface area contributed by atoms with Gasteiger partial charge in [-0.05, 0) is 19.1 Å². The SMILES string of the molecule is CC(=O)c1cc(Cl)cc(CN(CCO)CCO)c1O. The molecule has 0 aromatic heterocycles. The minimum absolute atomic E-state index is 0.0547. The summed E-state index contributed by atoms with van der Waals surface area (Å²) in [4.78, 5) is 13.2. The van der Waals surface area contributed by atoms with Crippen LogP contribution in [-0.2, 0) is 6.54 Å². The maximum atomic E-state index is 11.4. The average Bonchev–Trinajstić information content (AvgIpc) is 2.33. The third-order valence-electron chi connectivity index (χ3n) is 2.76. The maximum Gasteiger partial charge on any atom is 0.163 e. The van der Waals surface area contributed by atoms with E-state index in [1.165, 1.54) is 13.0 Å². The molecule has 0 aliphatic carbocycles. The van der Waals surface area contributed by atoms with Crippen molar-refractivity contribution in [2.75, 3.05) is 26.3 Å². The number of halogens is 1. The highest BCUT2D eigenvalue weighted by Gasteiger charge is 2.15. The van der Waals surface area contributed by atoms with Crippen molar-refractivity contribution in [3.8, 4) is 5.75 Å². The topological polar surface area (TPSA) is 81.0 Å². The van der Waals surface area contributed by atoms with Gasteiger partial charge in [-0.25, -0.2) is 0 Å². The second-order valence-electron chi connectivity index (χ2n) is 4.24. The van der Waals surface area contributed by atoms with Gasteiger partial charge in [-0.15, -0.1) is 0 Å². The first kappa shape index (κ1) is 15.9. The number of ketones is 1. The number of benzene rings is 1. The standard InChI is InChI=1S/C13H18ClNO4/c1-9(18)12-7-11(14)6-10(13(12)19)8-15(2-4-16)3-5-17/h6-7,16-17,19H,2-5,8H2,1H3. The van der Waals surface area contributed by atoms with E-state index >= 15 is 0 Å². The molecule has 1 rings (SSSR count).